The highest BCUT2D eigenvalue weighted by atomic mass is 32.1. The number of nitrogens with one attached hydrogen (secondary N) is 1. The number of thiol groups is 1. The largest absolute Gasteiger partial charge is 0.346 e. The molecule has 9 heavy (non-hydrogen) atoms. The van der Waals surface area contributed by atoms with E-state index >= 15 is 0 Å². The average molecular weight is 147 g/mol. The van der Waals surface area contributed by atoms with Crippen LogP contribution in [0.3, 0.4) is 0 Å². The van der Waals surface area contributed by atoms with Crippen LogP contribution >= 0.6 is 12.6 Å². The molecular formula is C5H9NO2S. The molecule has 1 amide bonds. The molecule has 52 valence electrons. The van der Waals surface area contributed by atoms with Crippen LogP contribution in [0.4, 0.5) is 0 Å². The quantitative estimate of drug-likeness (QED) is 0.422. The molecule has 0 aromatic rings. The van der Waals surface area contributed by atoms with Crippen LogP contribution in [0.5, 0.6) is 0 Å². The monoisotopic (exact) mass is 147 g/mol. The second-order valence-electron chi connectivity index (χ2n) is 1.63. The molecule has 0 bridgehead atoms. The summed E-state index contributed by atoms with van der Waals surface area (Å²) in [6, 6.07) is -0.439. The molecule has 0 aromatic heterocycles. The first-order chi connectivity index (χ1) is 4.20. The summed E-state index contributed by atoms with van der Waals surface area (Å²) in [4.78, 5) is 20.3. The zero-order valence-corrected chi connectivity index (χ0v) is 6.02. The maximum Gasteiger partial charge on any atom is 0.217 e. The van der Waals surface area contributed by atoms with Gasteiger partial charge in [-0.25, -0.2) is 0 Å². The van der Waals surface area contributed by atoms with Crippen molar-refractivity contribution in [3.05, 3.63) is 0 Å². The molecule has 0 aromatic carbocycles. The predicted octanol–water partition coefficient (Wildman–Crippen LogP) is -0.380. The fraction of sp³-hybridized carbons (Fsp3) is 0.600. The molecule has 0 saturated carbocycles. The Morgan fingerprint density at radius 2 is 2.44 bits per heavy atom. The Morgan fingerprint density at radius 1 is 1.89 bits per heavy atom. The van der Waals surface area contributed by atoms with Gasteiger partial charge in [-0.3, -0.25) is 4.79 Å². The van der Waals surface area contributed by atoms with Crippen molar-refractivity contribution in [2.75, 3.05) is 5.75 Å². The Labute approximate surface area is 59.2 Å². The van der Waals surface area contributed by atoms with Crippen LogP contribution in [0.15, 0.2) is 0 Å². The van der Waals surface area contributed by atoms with Gasteiger partial charge in [0.1, 0.15) is 6.29 Å². The van der Waals surface area contributed by atoms with E-state index < -0.39 is 6.04 Å². The zero-order valence-electron chi connectivity index (χ0n) is 5.13. The summed E-state index contributed by atoms with van der Waals surface area (Å²) in [7, 11) is 0. The topological polar surface area (TPSA) is 46.2 Å². The van der Waals surface area contributed by atoms with Crippen LogP contribution < -0.4 is 5.32 Å². The maximum absolute atomic E-state index is 10.3. The summed E-state index contributed by atoms with van der Waals surface area (Å²) in [5, 5.41) is 2.40. The molecule has 1 unspecified atom stereocenters. The third kappa shape index (κ3) is 4.02. The van der Waals surface area contributed by atoms with Crippen molar-refractivity contribution >= 4 is 24.8 Å². The molecule has 0 fully saturated rings. The smallest absolute Gasteiger partial charge is 0.217 e. The van der Waals surface area contributed by atoms with E-state index in [9.17, 15) is 9.59 Å². The van der Waals surface area contributed by atoms with E-state index in [1.165, 1.54) is 6.92 Å². The van der Waals surface area contributed by atoms with Crippen molar-refractivity contribution in [1.29, 1.82) is 0 Å². The van der Waals surface area contributed by atoms with Gasteiger partial charge in [-0.15, -0.1) is 0 Å². The second-order valence-corrected chi connectivity index (χ2v) is 1.99. The standard InChI is InChI=1S/C5H9NO2S/c1-4(8)6-5(2-7)3-9/h2,5,9H,3H2,1H3,(H,6,8). The van der Waals surface area contributed by atoms with Gasteiger partial charge in [-0.05, 0) is 0 Å². The molecule has 0 heterocycles. The third-order valence-corrected chi connectivity index (χ3v) is 1.14. The van der Waals surface area contributed by atoms with E-state index in [-0.39, 0.29) is 5.91 Å². The first kappa shape index (κ1) is 8.49. The highest BCUT2D eigenvalue weighted by molar-refractivity contribution is 7.80. The second kappa shape index (κ2) is 4.38. The highest BCUT2D eigenvalue weighted by Crippen LogP contribution is 1.81. The molecule has 0 aliphatic heterocycles. The Hall–Kier alpha value is -0.510. The number of carbonyl (C=O) groups is 2. The first-order valence-corrected chi connectivity index (χ1v) is 3.17. The zero-order chi connectivity index (χ0) is 7.28. The van der Waals surface area contributed by atoms with E-state index in [1.807, 2.05) is 0 Å². The summed E-state index contributed by atoms with van der Waals surface area (Å²) in [6.45, 7) is 1.36. The predicted molar refractivity (Wildman–Crippen MR) is 37.5 cm³/mol. The van der Waals surface area contributed by atoms with Gasteiger partial charge in [0, 0.05) is 12.7 Å². The SMILES string of the molecule is CC(=O)NC(C=O)CS. The fourth-order valence-corrected chi connectivity index (χ4v) is 0.561. The number of aldehydes is 1. The van der Waals surface area contributed by atoms with Gasteiger partial charge >= 0.3 is 0 Å². The van der Waals surface area contributed by atoms with Gasteiger partial charge in [0.15, 0.2) is 0 Å². The van der Waals surface area contributed by atoms with Crippen LogP contribution in [0.2, 0.25) is 0 Å². The lowest BCUT2D eigenvalue weighted by atomic mass is 10.4. The molecular weight excluding hydrogens is 138 g/mol. The van der Waals surface area contributed by atoms with E-state index in [4.69, 9.17) is 0 Å². The Kier molecular flexibility index (Phi) is 4.13. The van der Waals surface area contributed by atoms with Crippen LogP contribution in [0.25, 0.3) is 0 Å². The van der Waals surface area contributed by atoms with Crippen LogP contribution in [-0.2, 0) is 9.59 Å². The van der Waals surface area contributed by atoms with Crippen molar-refractivity contribution in [2.45, 2.75) is 13.0 Å². The van der Waals surface area contributed by atoms with Gasteiger partial charge < -0.3 is 10.1 Å². The van der Waals surface area contributed by atoms with Crippen molar-refractivity contribution in [1.82, 2.24) is 5.32 Å². The van der Waals surface area contributed by atoms with Crippen molar-refractivity contribution in [3.63, 3.8) is 0 Å². The third-order valence-electron chi connectivity index (χ3n) is 0.750. The molecule has 0 spiro atoms. The minimum atomic E-state index is -0.439. The molecule has 3 nitrogen and oxygen atoms in total. The maximum atomic E-state index is 10.3. The van der Waals surface area contributed by atoms with Gasteiger partial charge in [-0.2, -0.15) is 12.6 Å². The van der Waals surface area contributed by atoms with Gasteiger partial charge in [0.05, 0.1) is 6.04 Å². The molecule has 1 atom stereocenters. The molecule has 0 aliphatic rings. The molecule has 0 rings (SSSR count). The van der Waals surface area contributed by atoms with E-state index in [2.05, 4.69) is 17.9 Å². The summed E-state index contributed by atoms with van der Waals surface area (Å²) in [5.41, 5.74) is 0. The van der Waals surface area contributed by atoms with Crippen LogP contribution in [0, 0.1) is 0 Å². The van der Waals surface area contributed by atoms with Crippen LogP contribution in [0.1, 0.15) is 6.92 Å². The minimum Gasteiger partial charge on any atom is -0.346 e. The number of rotatable bonds is 3. The Bertz CT molecular complexity index is 116. The molecule has 0 radical (unpaired) electrons. The van der Waals surface area contributed by atoms with Gasteiger partial charge in [-0.1, -0.05) is 0 Å². The molecule has 0 aliphatic carbocycles. The van der Waals surface area contributed by atoms with Crippen molar-refractivity contribution < 1.29 is 9.59 Å². The summed E-state index contributed by atoms with van der Waals surface area (Å²) >= 11 is 3.82. The highest BCUT2D eigenvalue weighted by Gasteiger charge is 2.03. The number of amides is 1. The van der Waals surface area contributed by atoms with E-state index in [1.54, 1.807) is 0 Å². The first-order valence-electron chi connectivity index (χ1n) is 2.54. The number of carbonyl (C=O) groups excluding carboxylic acids is 2. The minimum absolute atomic E-state index is 0.207. The van der Waals surface area contributed by atoms with Crippen molar-refractivity contribution in [2.24, 2.45) is 0 Å². The summed E-state index contributed by atoms with van der Waals surface area (Å²) in [5.74, 6) is 0.143. The fourth-order valence-electron chi connectivity index (χ4n) is 0.384. The summed E-state index contributed by atoms with van der Waals surface area (Å²) in [6.07, 6.45) is 0.661. The molecule has 4 heteroatoms. The van der Waals surface area contributed by atoms with Crippen molar-refractivity contribution in [3.8, 4) is 0 Å². The van der Waals surface area contributed by atoms with E-state index in [0.29, 0.717) is 12.0 Å². The molecule has 1 N–H and O–H groups in total. The lowest BCUT2D eigenvalue weighted by Gasteiger charge is -2.05. The lowest BCUT2D eigenvalue weighted by Crippen LogP contribution is -2.35. The normalized spacial score (nSPS) is 12.2. The Morgan fingerprint density at radius 3 is 2.56 bits per heavy atom. The number of hydrogen-bond donors (Lipinski definition) is 2. The van der Waals surface area contributed by atoms with Gasteiger partial charge in [0.25, 0.3) is 0 Å². The Balaban J connectivity index is 3.55. The van der Waals surface area contributed by atoms with Gasteiger partial charge in [0.2, 0.25) is 5.91 Å². The van der Waals surface area contributed by atoms with E-state index in [0.717, 1.165) is 0 Å². The number of hydrogen-bond acceptors (Lipinski definition) is 3. The average Bonchev–Trinajstić information content (AvgIpc) is 1.82. The van der Waals surface area contributed by atoms with Crippen LogP contribution in [-0.4, -0.2) is 24.0 Å². The lowest BCUT2D eigenvalue weighted by molar-refractivity contribution is -0.121. The molecule has 0 saturated heterocycles. The summed E-state index contributed by atoms with van der Waals surface area (Å²) < 4.78 is 0.